The minimum absolute atomic E-state index is 0.00650. The van der Waals surface area contributed by atoms with Gasteiger partial charge in [-0.15, -0.1) is 11.8 Å². The van der Waals surface area contributed by atoms with Crippen molar-refractivity contribution in [1.82, 2.24) is 5.32 Å². The monoisotopic (exact) mass is 375 g/mol. The fourth-order valence-corrected chi connectivity index (χ4v) is 3.97. The number of nitrogens with one attached hydrogen (secondary N) is 1. The smallest absolute Gasteiger partial charge is 0.221 e. The number of rotatable bonds is 5. The van der Waals surface area contributed by atoms with E-state index in [1.807, 2.05) is 48.5 Å². The number of halogens is 1. The van der Waals surface area contributed by atoms with E-state index in [2.05, 4.69) is 19.2 Å². The van der Waals surface area contributed by atoms with Crippen LogP contribution in [0.2, 0.25) is 5.02 Å². The van der Waals surface area contributed by atoms with E-state index >= 15 is 0 Å². The van der Waals surface area contributed by atoms with E-state index in [1.165, 1.54) is 0 Å². The van der Waals surface area contributed by atoms with Crippen molar-refractivity contribution in [3.05, 3.63) is 59.1 Å². The molecule has 1 aliphatic heterocycles. The molecule has 0 fully saturated rings. The molecular weight excluding hydrogens is 354 g/mol. The van der Waals surface area contributed by atoms with E-state index in [4.69, 9.17) is 16.3 Å². The van der Waals surface area contributed by atoms with Gasteiger partial charge in [0.05, 0.1) is 6.04 Å². The van der Waals surface area contributed by atoms with Gasteiger partial charge in [-0.1, -0.05) is 29.8 Å². The lowest BCUT2D eigenvalue weighted by atomic mass is 9.89. The minimum atomic E-state index is -0.287. The Labute approximate surface area is 158 Å². The standard InChI is InChI=1S/C20H22ClNO2S/c1-20(2)13-17(16-5-3-4-6-18(16)24-20)22-19(23)11-12-25-15-9-7-14(21)8-10-15/h3-10,17H,11-13H2,1-2H3,(H,22,23)/t17-/m1/s1. The zero-order chi connectivity index (χ0) is 17.9. The molecule has 2 aromatic carbocycles. The van der Waals surface area contributed by atoms with E-state index in [0.29, 0.717) is 6.42 Å². The molecule has 0 saturated heterocycles. The Morgan fingerprint density at radius 1 is 1.24 bits per heavy atom. The second-order valence-corrected chi connectivity index (χ2v) is 8.38. The number of fused-ring (bicyclic) bond motifs is 1. The maximum Gasteiger partial charge on any atom is 0.221 e. The van der Waals surface area contributed by atoms with E-state index in [0.717, 1.165) is 33.4 Å². The van der Waals surface area contributed by atoms with Gasteiger partial charge in [0.1, 0.15) is 11.4 Å². The van der Waals surface area contributed by atoms with Gasteiger partial charge in [0.15, 0.2) is 0 Å². The van der Waals surface area contributed by atoms with Crippen molar-refractivity contribution in [3.63, 3.8) is 0 Å². The topological polar surface area (TPSA) is 38.3 Å². The van der Waals surface area contributed by atoms with Gasteiger partial charge in [-0.25, -0.2) is 0 Å². The lowest BCUT2D eigenvalue weighted by Gasteiger charge is -2.37. The van der Waals surface area contributed by atoms with Gasteiger partial charge in [-0.2, -0.15) is 0 Å². The van der Waals surface area contributed by atoms with Gasteiger partial charge in [-0.3, -0.25) is 4.79 Å². The zero-order valence-electron chi connectivity index (χ0n) is 14.4. The van der Waals surface area contributed by atoms with Gasteiger partial charge >= 0.3 is 0 Å². The summed E-state index contributed by atoms with van der Waals surface area (Å²) in [6, 6.07) is 15.6. The Balaban J connectivity index is 1.56. The highest BCUT2D eigenvalue weighted by molar-refractivity contribution is 7.99. The molecule has 0 aromatic heterocycles. The van der Waals surface area contributed by atoms with E-state index < -0.39 is 0 Å². The Morgan fingerprint density at radius 2 is 1.96 bits per heavy atom. The third kappa shape index (κ3) is 4.93. The van der Waals surface area contributed by atoms with E-state index in [1.54, 1.807) is 11.8 Å². The van der Waals surface area contributed by atoms with Crippen LogP contribution in [0.1, 0.15) is 38.3 Å². The highest BCUT2D eigenvalue weighted by Gasteiger charge is 2.34. The number of hydrogen-bond acceptors (Lipinski definition) is 3. The summed E-state index contributed by atoms with van der Waals surface area (Å²) in [5.41, 5.74) is 0.769. The Hall–Kier alpha value is -1.65. The van der Waals surface area contributed by atoms with Crippen LogP contribution in [0, 0.1) is 0 Å². The van der Waals surface area contributed by atoms with Gasteiger partial charge < -0.3 is 10.1 Å². The summed E-state index contributed by atoms with van der Waals surface area (Å²) in [6.45, 7) is 4.11. The maximum absolute atomic E-state index is 12.4. The van der Waals surface area contributed by atoms with Crippen LogP contribution in [0.3, 0.4) is 0 Å². The summed E-state index contributed by atoms with van der Waals surface area (Å²) in [6.07, 6.45) is 1.24. The molecule has 0 unspecified atom stereocenters. The fraction of sp³-hybridized carbons (Fsp3) is 0.350. The zero-order valence-corrected chi connectivity index (χ0v) is 16.0. The molecule has 1 heterocycles. The van der Waals surface area contributed by atoms with E-state index in [-0.39, 0.29) is 17.6 Å². The minimum Gasteiger partial charge on any atom is -0.487 e. The number of hydrogen-bond donors (Lipinski definition) is 1. The average molecular weight is 376 g/mol. The van der Waals surface area contributed by atoms with Gasteiger partial charge in [0.25, 0.3) is 0 Å². The quantitative estimate of drug-likeness (QED) is 0.726. The predicted octanol–water partition coefficient (Wildman–Crippen LogP) is 5.24. The summed E-state index contributed by atoms with van der Waals surface area (Å²) >= 11 is 7.55. The number of ether oxygens (including phenoxy) is 1. The van der Waals surface area contributed by atoms with Crippen LogP contribution in [0.4, 0.5) is 0 Å². The molecule has 2 aromatic rings. The van der Waals surface area contributed by atoms with Crippen molar-refractivity contribution < 1.29 is 9.53 Å². The fourth-order valence-electron chi connectivity index (χ4n) is 2.99. The maximum atomic E-state index is 12.4. The average Bonchev–Trinajstić information content (AvgIpc) is 2.55. The van der Waals surface area contributed by atoms with Crippen LogP contribution in [0.15, 0.2) is 53.4 Å². The molecule has 3 rings (SSSR count). The van der Waals surface area contributed by atoms with Crippen molar-refractivity contribution in [1.29, 1.82) is 0 Å². The summed E-state index contributed by atoms with van der Waals surface area (Å²) in [7, 11) is 0. The lowest BCUT2D eigenvalue weighted by molar-refractivity contribution is -0.121. The summed E-state index contributed by atoms with van der Waals surface area (Å²) < 4.78 is 6.01. The van der Waals surface area contributed by atoms with Crippen LogP contribution < -0.4 is 10.1 Å². The highest BCUT2D eigenvalue weighted by atomic mass is 35.5. The first-order valence-electron chi connectivity index (χ1n) is 8.39. The highest BCUT2D eigenvalue weighted by Crippen LogP contribution is 2.39. The van der Waals surface area contributed by atoms with Crippen LogP contribution in [0.25, 0.3) is 0 Å². The normalized spacial score (nSPS) is 18.1. The molecule has 3 nitrogen and oxygen atoms in total. The Morgan fingerprint density at radius 3 is 2.72 bits per heavy atom. The molecule has 0 bridgehead atoms. The van der Waals surface area contributed by atoms with E-state index in [9.17, 15) is 4.79 Å². The first-order valence-corrected chi connectivity index (χ1v) is 9.75. The summed E-state index contributed by atoms with van der Waals surface area (Å²) in [5.74, 6) is 1.67. The second-order valence-electron chi connectivity index (χ2n) is 6.78. The molecule has 132 valence electrons. The largest absolute Gasteiger partial charge is 0.487 e. The number of carbonyl (C=O) groups is 1. The van der Waals surface area contributed by atoms with Crippen LogP contribution in [0.5, 0.6) is 5.75 Å². The first kappa shape index (κ1) is 18.2. The molecule has 1 N–H and O–H groups in total. The number of carbonyl (C=O) groups excluding carboxylic acids is 1. The summed E-state index contributed by atoms with van der Waals surface area (Å²) in [5, 5.41) is 3.90. The van der Waals surface area contributed by atoms with Crippen molar-refractivity contribution in [2.75, 3.05) is 5.75 Å². The van der Waals surface area contributed by atoms with Crippen LogP contribution in [-0.2, 0) is 4.79 Å². The van der Waals surface area contributed by atoms with Gasteiger partial charge in [0, 0.05) is 34.1 Å². The predicted molar refractivity (Wildman–Crippen MR) is 103 cm³/mol. The Bertz CT molecular complexity index is 746. The second kappa shape index (κ2) is 7.71. The molecule has 0 saturated carbocycles. The van der Waals surface area contributed by atoms with Crippen molar-refractivity contribution >= 4 is 29.3 Å². The molecular formula is C20H22ClNO2S. The molecule has 1 atom stereocenters. The molecule has 25 heavy (non-hydrogen) atoms. The van der Waals surface area contributed by atoms with Crippen molar-refractivity contribution in [2.45, 2.75) is 43.2 Å². The van der Waals surface area contributed by atoms with Gasteiger partial charge in [0.2, 0.25) is 5.91 Å². The van der Waals surface area contributed by atoms with Gasteiger partial charge in [-0.05, 0) is 44.2 Å². The van der Waals surface area contributed by atoms with Crippen molar-refractivity contribution in [2.24, 2.45) is 0 Å². The molecule has 5 heteroatoms. The molecule has 0 aliphatic carbocycles. The Kier molecular flexibility index (Phi) is 5.60. The molecule has 0 radical (unpaired) electrons. The molecule has 1 amide bonds. The third-order valence-electron chi connectivity index (χ3n) is 4.12. The number of para-hydroxylation sites is 1. The molecule has 1 aliphatic rings. The molecule has 0 spiro atoms. The SMILES string of the molecule is CC1(C)C[C@@H](NC(=O)CCSc2ccc(Cl)cc2)c2ccccc2O1. The summed E-state index contributed by atoms with van der Waals surface area (Å²) in [4.78, 5) is 13.5. The lowest BCUT2D eigenvalue weighted by Crippen LogP contribution is -2.41. The number of amides is 1. The third-order valence-corrected chi connectivity index (χ3v) is 5.39. The van der Waals surface area contributed by atoms with Crippen molar-refractivity contribution in [3.8, 4) is 5.75 Å². The van der Waals surface area contributed by atoms with Crippen LogP contribution >= 0.6 is 23.4 Å². The van der Waals surface area contributed by atoms with Crippen LogP contribution in [-0.4, -0.2) is 17.3 Å². The number of thioether (sulfide) groups is 1. The number of benzene rings is 2. The first-order chi connectivity index (χ1) is 11.9.